The highest BCUT2D eigenvalue weighted by atomic mass is 19.1. The number of hydrazone groups is 1. The van der Waals surface area contributed by atoms with Crippen LogP contribution in [0.3, 0.4) is 0 Å². The van der Waals surface area contributed by atoms with Crippen molar-refractivity contribution in [3.05, 3.63) is 95.3 Å². The van der Waals surface area contributed by atoms with Crippen LogP contribution in [0, 0.1) is 11.6 Å². The number of halogens is 2. The minimum atomic E-state index is -0.374. The van der Waals surface area contributed by atoms with Crippen molar-refractivity contribution in [1.29, 1.82) is 0 Å². The van der Waals surface area contributed by atoms with Gasteiger partial charge in [-0.25, -0.2) is 13.8 Å². The molecule has 1 aromatic heterocycles. The van der Waals surface area contributed by atoms with Crippen LogP contribution in [0.15, 0.2) is 77.1 Å². The Labute approximate surface area is 142 Å². The second-order valence-electron chi connectivity index (χ2n) is 5.44. The molecule has 0 atom stereocenters. The Bertz CT molecular complexity index is 980. The van der Waals surface area contributed by atoms with Gasteiger partial charge in [-0.15, -0.1) is 0 Å². The van der Waals surface area contributed by atoms with Gasteiger partial charge in [-0.05, 0) is 54.6 Å². The van der Waals surface area contributed by atoms with Crippen LogP contribution in [0.5, 0.6) is 0 Å². The van der Waals surface area contributed by atoms with E-state index in [-0.39, 0.29) is 11.6 Å². The minimum Gasteiger partial charge on any atom is -0.265 e. The van der Waals surface area contributed by atoms with Crippen LogP contribution < -0.4 is 5.43 Å². The molecule has 4 rings (SSSR count). The summed E-state index contributed by atoms with van der Waals surface area (Å²) in [5, 5.41) is 4.40. The minimum absolute atomic E-state index is 0.332. The first-order valence-electron chi connectivity index (χ1n) is 7.59. The summed E-state index contributed by atoms with van der Waals surface area (Å²) in [5.74, 6) is -0.251. The predicted molar refractivity (Wildman–Crippen MR) is 92.0 cm³/mol. The first kappa shape index (κ1) is 15.1. The van der Waals surface area contributed by atoms with Gasteiger partial charge >= 0.3 is 0 Å². The van der Waals surface area contributed by atoms with E-state index in [1.807, 2.05) is 0 Å². The summed E-state index contributed by atoms with van der Waals surface area (Å²) in [4.78, 5) is 8.54. The molecule has 1 aliphatic heterocycles. The highest BCUT2D eigenvalue weighted by molar-refractivity contribution is 6.17. The molecule has 1 N–H and O–H groups in total. The maximum absolute atomic E-state index is 13.8. The summed E-state index contributed by atoms with van der Waals surface area (Å²) in [6.07, 6.45) is 3.28. The molecule has 0 saturated heterocycles. The number of amidine groups is 1. The van der Waals surface area contributed by atoms with Gasteiger partial charge in [-0.2, -0.15) is 5.10 Å². The van der Waals surface area contributed by atoms with Crippen molar-refractivity contribution in [2.75, 3.05) is 0 Å². The Balaban J connectivity index is 1.87. The average Bonchev–Trinajstić information content (AvgIpc) is 2.82. The molecule has 6 heteroatoms. The van der Waals surface area contributed by atoms with Crippen molar-refractivity contribution >= 4 is 17.2 Å². The SMILES string of the molecule is Fc1ccc(C2=Nc3ccc(F)cc3C(c3ccncc3)=NN2)cc1. The summed E-state index contributed by atoms with van der Waals surface area (Å²) < 4.78 is 27.0. The Morgan fingerprint density at radius 1 is 0.760 bits per heavy atom. The second-order valence-corrected chi connectivity index (χ2v) is 5.44. The molecule has 4 nitrogen and oxygen atoms in total. The first-order chi connectivity index (χ1) is 12.2. The lowest BCUT2D eigenvalue weighted by Gasteiger charge is -2.07. The van der Waals surface area contributed by atoms with Crippen LogP contribution in [0.1, 0.15) is 16.7 Å². The van der Waals surface area contributed by atoms with Gasteiger partial charge in [0, 0.05) is 29.1 Å². The maximum atomic E-state index is 13.8. The third-order valence-corrected chi connectivity index (χ3v) is 3.79. The van der Waals surface area contributed by atoms with E-state index in [2.05, 4.69) is 20.5 Å². The van der Waals surface area contributed by atoms with Crippen LogP contribution in [-0.4, -0.2) is 16.5 Å². The summed E-state index contributed by atoms with van der Waals surface area (Å²) in [7, 11) is 0. The zero-order valence-corrected chi connectivity index (χ0v) is 12.9. The number of nitrogens with one attached hydrogen (secondary N) is 1. The van der Waals surface area contributed by atoms with Gasteiger partial charge in [0.2, 0.25) is 0 Å². The molecule has 25 heavy (non-hydrogen) atoms. The van der Waals surface area contributed by atoms with Crippen LogP contribution in [0.25, 0.3) is 0 Å². The number of aromatic nitrogens is 1. The fraction of sp³-hybridized carbons (Fsp3) is 0. The summed E-state index contributed by atoms with van der Waals surface area (Å²) in [5.41, 5.74) is 6.05. The fourth-order valence-corrected chi connectivity index (χ4v) is 2.58. The molecule has 2 heterocycles. The monoisotopic (exact) mass is 334 g/mol. The molecule has 3 aromatic rings. The van der Waals surface area contributed by atoms with E-state index in [9.17, 15) is 8.78 Å². The fourth-order valence-electron chi connectivity index (χ4n) is 2.58. The number of rotatable bonds is 2. The Hall–Kier alpha value is -3.41. The van der Waals surface area contributed by atoms with Gasteiger partial charge in [-0.3, -0.25) is 10.4 Å². The zero-order chi connectivity index (χ0) is 17.2. The predicted octanol–water partition coefficient (Wildman–Crippen LogP) is 3.79. The van der Waals surface area contributed by atoms with Crippen LogP contribution in [-0.2, 0) is 0 Å². The normalized spacial score (nSPS) is 13.2. The third kappa shape index (κ3) is 3.01. The zero-order valence-electron chi connectivity index (χ0n) is 12.9. The van der Waals surface area contributed by atoms with E-state index in [4.69, 9.17) is 0 Å². The van der Waals surface area contributed by atoms with Crippen molar-refractivity contribution in [1.82, 2.24) is 10.4 Å². The van der Waals surface area contributed by atoms with E-state index < -0.39 is 0 Å². The van der Waals surface area contributed by atoms with E-state index in [1.165, 1.54) is 24.3 Å². The number of fused-ring (bicyclic) bond motifs is 1. The van der Waals surface area contributed by atoms with Crippen molar-refractivity contribution in [2.45, 2.75) is 0 Å². The van der Waals surface area contributed by atoms with Crippen molar-refractivity contribution in [3.8, 4) is 0 Å². The Kier molecular flexibility index (Phi) is 3.78. The van der Waals surface area contributed by atoms with Gasteiger partial charge in [0.05, 0.1) is 5.69 Å². The molecule has 1 aliphatic rings. The molecule has 0 fully saturated rings. The van der Waals surface area contributed by atoms with Crippen molar-refractivity contribution in [3.63, 3.8) is 0 Å². The average molecular weight is 334 g/mol. The molecule has 0 spiro atoms. The number of hydrogen-bond acceptors (Lipinski definition) is 4. The molecule has 2 aromatic carbocycles. The lowest BCUT2D eigenvalue weighted by Crippen LogP contribution is -2.19. The van der Waals surface area contributed by atoms with Gasteiger partial charge in [0.25, 0.3) is 0 Å². The smallest absolute Gasteiger partial charge is 0.154 e. The maximum Gasteiger partial charge on any atom is 0.154 e. The summed E-state index contributed by atoms with van der Waals surface area (Å²) in [6.45, 7) is 0. The highest BCUT2D eigenvalue weighted by Gasteiger charge is 2.18. The van der Waals surface area contributed by atoms with E-state index in [0.717, 1.165) is 5.56 Å². The lowest BCUT2D eigenvalue weighted by atomic mass is 10.0. The van der Waals surface area contributed by atoms with Crippen molar-refractivity contribution in [2.24, 2.45) is 10.1 Å². The van der Waals surface area contributed by atoms with Crippen LogP contribution in [0.4, 0.5) is 14.5 Å². The van der Waals surface area contributed by atoms with E-state index >= 15 is 0 Å². The standard InChI is InChI=1S/C19H12F2N4/c20-14-3-1-13(2-4-14)19-23-17-6-5-15(21)11-16(17)18(24-25-19)12-7-9-22-10-8-12/h1-11H,(H,23,25). The number of pyridine rings is 1. The topological polar surface area (TPSA) is 49.6 Å². The van der Waals surface area contributed by atoms with Crippen LogP contribution in [0.2, 0.25) is 0 Å². The molecule has 0 aliphatic carbocycles. The molecule has 0 bridgehead atoms. The summed E-state index contributed by atoms with van der Waals surface area (Å²) in [6, 6.07) is 13.8. The molecule has 122 valence electrons. The molecule has 0 unspecified atom stereocenters. The molecular formula is C19H12F2N4. The van der Waals surface area contributed by atoms with Crippen LogP contribution >= 0.6 is 0 Å². The molecule has 0 amide bonds. The number of nitrogens with zero attached hydrogens (tertiary/aromatic N) is 3. The number of aliphatic imine (C=N–C) groups is 1. The summed E-state index contributed by atoms with van der Waals surface area (Å²) >= 11 is 0. The van der Waals surface area contributed by atoms with Gasteiger partial charge < -0.3 is 0 Å². The van der Waals surface area contributed by atoms with Gasteiger partial charge in [0.15, 0.2) is 5.84 Å². The Morgan fingerprint density at radius 2 is 1.48 bits per heavy atom. The molecule has 0 saturated carbocycles. The first-order valence-corrected chi connectivity index (χ1v) is 7.59. The van der Waals surface area contributed by atoms with Gasteiger partial charge in [0.1, 0.15) is 17.3 Å². The lowest BCUT2D eigenvalue weighted by molar-refractivity contribution is 0.627. The third-order valence-electron chi connectivity index (χ3n) is 3.79. The highest BCUT2D eigenvalue weighted by Crippen LogP contribution is 2.26. The van der Waals surface area contributed by atoms with Gasteiger partial charge in [-0.1, -0.05) is 0 Å². The number of benzene rings is 2. The molecular weight excluding hydrogens is 322 g/mol. The Morgan fingerprint density at radius 3 is 2.24 bits per heavy atom. The second kappa shape index (κ2) is 6.24. The van der Waals surface area contributed by atoms with Crippen molar-refractivity contribution < 1.29 is 8.78 Å². The number of hydrogen-bond donors (Lipinski definition) is 1. The quantitative estimate of drug-likeness (QED) is 0.775. The largest absolute Gasteiger partial charge is 0.265 e. The van der Waals surface area contributed by atoms with E-state index in [1.54, 1.807) is 42.7 Å². The molecule has 0 radical (unpaired) electrons. The van der Waals surface area contributed by atoms with E-state index in [0.29, 0.717) is 28.4 Å².